The Kier molecular flexibility index (Phi) is 6.61. The zero-order valence-corrected chi connectivity index (χ0v) is 26.3. The maximum Gasteiger partial charge on any atom is 0.222 e. The third-order valence-corrected chi connectivity index (χ3v) is 14.0. The zero-order chi connectivity index (χ0) is 29.6. The molecule has 4 fully saturated rings. The lowest BCUT2D eigenvalue weighted by atomic mass is 9.34. The van der Waals surface area contributed by atoms with Crippen molar-refractivity contribution in [1.29, 1.82) is 5.26 Å². The Morgan fingerprint density at radius 2 is 1.68 bits per heavy atom. The molecule has 5 heteroatoms. The lowest BCUT2D eigenvalue weighted by Crippen LogP contribution is -2.64. The second-order valence-corrected chi connectivity index (χ2v) is 16.4. The van der Waals surface area contributed by atoms with Gasteiger partial charge in [0.1, 0.15) is 6.07 Å². The van der Waals surface area contributed by atoms with Crippen LogP contribution in [-0.4, -0.2) is 35.5 Å². The molecule has 41 heavy (non-hydrogen) atoms. The molecule has 0 aromatic carbocycles. The van der Waals surface area contributed by atoms with Gasteiger partial charge in [0.2, 0.25) is 5.91 Å². The smallest absolute Gasteiger partial charge is 0.222 e. The highest BCUT2D eigenvalue weighted by molar-refractivity contribution is 6.02. The molecule has 8 atom stereocenters. The van der Waals surface area contributed by atoms with E-state index >= 15 is 0 Å². The van der Waals surface area contributed by atoms with Gasteiger partial charge in [0.05, 0.1) is 5.57 Å². The van der Waals surface area contributed by atoms with Crippen LogP contribution in [0.15, 0.2) is 23.3 Å². The first kappa shape index (κ1) is 28.9. The number of hydrogen-bond acceptors (Lipinski definition) is 4. The van der Waals surface area contributed by atoms with Gasteiger partial charge in [0, 0.05) is 36.8 Å². The molecule has 3 unspecified atom stereocenters. The minimum absolute atomic E-state index is 0.0410. The van der Waals surface area contributed by atoms with Crippen LogP contribution in [0, 0.1) is 62.1 Å². The van der Waals surface area contributed by atoms with Crippen molar-refractivity contribution in [3.8, 4) is 6.07 Å². The Bertz CT molecular complexity index is 1280. The van der Waals surface area contributed by atoms with E-state index in [9.17, 15) is 19.6 Å². The van der Waals surface area contributed by atoms with Crippen LogP contribution in [0.1, 0.15) is 112 Å². The van der Waals surface area contributed by atoms with Crippen molar-refractivity contribution in [3.05, 3.63) is 23.3 Å². The fourth-order valence-electron chi connectivity index (χ4n) is 11.3. The van der Waals surface area contributed by atoms with E-state index in [1.54, 1.807) is 0 Å². The molecule has 5 nitrogen and oxygen atoms in total. The monoisotopic (exact) mass is 558 g/mol. The van der Waals surface area contributed by atoms with Gasteiger partial charge in [-0.25, -0.2) is 0 Å². The van der Waals surface area contributed by atoms with Crippen molar-refractivity contribution < 1.29 is 14.4 Å². The minimum Gasteiger partial charge on any atom is -0.343 e. The quantitative estimate of drug-likeness (QED) is 0.366. The first-order valence-electron chi connectivity index (χ1n) is 16.4. The second kappa shape index (κ2) is 9.39. The Morgan fingerprint density at radius 1 is 1.00 bits per heavy atom. The third-order valence-electron chi connectivity index (χ3n) is 14.0. The SMILES string of the molecule is C[C@@H]1C(=O)C(C#N)=C[C@]2(C)C3=CC(=O)C4C5CC(C)(C)CC[C@]5(CCC(=O)N5CCCC5)CC[C@@]4(C)[C@]3(C)CCC12. The van der Waals surface area contributed by atoms with Gasteiger partial charge in [-0.05, 0) is 104 Å². The van der Waals surface area contributed by atoms with Gasteiger partial charge in [-0.2, -0.15) is 5.26 Å². The lowest BCUT2D eigenvalue weighted by Gasteiger charge is -2.69. The average molecular weight is 559 g/mol. The van der Waals surface area contributed by atoms with E-state index in [4.69, 9.17) is 0 Å². The zero-order valence-electron chi connectivity index (χ0n) is 26.3. The molecule has 1 amide bonds. The normalized spacial score (nSPS) is 45.0. The summed E-state index contributed by atoms with van der Waals surface area (Å²) < 4.78 is 0. The summed E-state index contributed by atoms with van der Waals surface area (Å²) in [5.41, 5.74) is 0.847. The van der Waals surface area contributed by atoms with E-state index in [1.165, 1.54) is 5.57 Å². The molecule has 0 aromatic heterocycles. The summed E-state index contributed by atoms with van der Waals surface area (Å²) in [5, 5.41) is 9.85. The van der Waals surface area contributed by atoms with Crippen LogP contribution >= 0.6 is 0 Å². The summed E-state index contributed by atoms with van der Waals surface area (Å²) >= 11 is 0. The van der Waals surface area contributed by atoms with Crippen molar-refractivity contribution in [1.82, 2.24) is 4.90 Å². The Balaban J connectivity index is 1.41. The molecule has 3 saturated carbocycles. The van der Waals surface area contributed by atoms with Crippen LogP contribution in [-0.2, 0) is 14.4 Å². The summed E-state index contributed by atoms with van der Waals surface area (Å²) in [7, 11) is 0. The fraction of sp³-hybridized carbons (Fsp3) is 0.778. The predicted molar refractivity (Wildman–Crippen MR) is 159 cm³/mol. The van der Waals surface area contributed by atoms with E-state index in [1.807, 2.05) is 19.1 Å². The molecule has 6 rings (SSSR count). The molecule has 0 bridgehead atoms. The number of rotatable bonds is 3. The number of amides is 1. The number of carbonyl (C=O) groups is 3. The van der Waals surface area contributed by atoms with Crippen LogP contribution in [0.3, 0.4) is 0 Å². The van der Waals surface area contributed by atoms with E-state index in [0.717, 1.165) is 77.3 Å². The van der Waals surface area contributed by atoms with Gasteiger partial charge in [0.15, 0.2) is 11.6 Å². The van der Waals surface area contributed by atoms with Crippen molar-refractivity contribution in [2.45, 2.75) is 112 Å². The number of fused-ring (bicyclic) bond motifs is 7. The topological polar surface area (TPSA) is 78.2 Å². The molecule has 6 aliphatic rings. The maximum atomic E-state index is 14.6. The number of likely N-dealkylation sites (tertiary alicyclic amines) is 1. The fourth-order valence-corrected chi connectivity index (χ4v) is 11.3. The van der Waals surface area contributed by atoms with Crippen molar-refractivity contribution in [2.75, 3.05) is 13.1 Å². The molecule has 222 valence electrons. The van der Waals surface area contributed by atoms with Crippen molar-refractivity contribution in [3.63, 3.8) is 0 Å². The average Bonchev–Trinajstić information content (AvgIpc) is 3.46. The summed E-state index contributed by atoms with van der Waals surface area (Å²) in [6, 6.07) is 2.19. The molecule has 0 aromatic rings. The number of ketones is 2. The molecule has 0 spiro atoms. The number of allylic oxidation sites excluding steroid dienone is 4. The maximum absolute atomic E-state index is 14.6. The highest BCUT2D eigenvalue weighted by Gasteiger charge is 2.68. The third kappa shape index (κ3) is 4.01. The van der Waals surface area contributed by atoms with E-state index < -0.39 is 5.41 Å². The molecule has 5 aliphatic carbocycles. The molecular weight excluding hydrogens is 508 g/mol. The standard InChI is InChI=1S/C36H50N2O3/c1-23-25-9-11-34(5)28(33(25,4)20-24(22-37)31(23)41)19-27(39)30-26-21-32(2,3)13-15-36(26,16-14-35(30,34)6)12-10-29(40)38-17-7-8-18-38/h19-20,23,25-26,30H,7-18,21H2,1-6H3/t23-,25?,26?,30?,33-,34+,35+,36+/m0/s1. The Morgan fingerprint density at radius 3 is 2.37 bits per heavy atom. The summed E-state index contributed by atoms with van der Waals surface area (Å²) in [6.45, 7) is 15.5. The van der Waals surface area contributed by atoms with Gasteiger partial charge in [-0.1, -0.05) is 53.2 Å². The first-order chi connectivity index (χ1) is 19.2. The number of carbonyl (C=O) groups excluding carboxylic acids is 3. The minimum atomic E-state index is -0.461. The van der Waals surface area contributed by atoms with Gasteiger partial charge in [-0.3, -0.25) is 14.4 Å². The Hall–Kier alpha value is -2.22. The number of nitrogens with zero attached hydrogens (tertiary/aromatic N) is 2. The van der Waals surface area contributed by atoms with E-state index in [0.29, 0.717) is 12.3 Å². The lowest BCUT2D eigenvalue weighted by molar-refractivity contribution is -0.171. The van der Waals surface area contributed by atoms with Crippen LogP contribution < -0.4 is 0 Å². The number of nitriles is 1. The van der Waals surface area contributed by atoms with Crippen LogP contribution in [0.4, 0.5) is 0 Å². The van der Waals surface area contributed by atoms with Crippen LogP contribution in [0.5, 0.6) is 0 Å². The summed E-state index contributed by atoms with van der Waals surface area (Å²) in [6.07, 6.45) is 15.0. The highest BCUT2D eigenvalue weighted by Crippen LogP contribution is 2.74. The number of Topliss-reactive ketones (excluding diaryl/α,β-unsaturated/α-hetero) is 1. The Labute approximate surface area is 247 Å². The molecule has 1 saturated heterocycles. The van der Waals surface area contributed by atoms with E-state index in [-0.39, 0.29) is 62.5 Å². The summed E-state index contributed by atoms with van der Waals surface area (Å²) in [5.74, 6) is 0.668. The molecule has 1 heterocycles. The van der Waals surface area contributed by atoms with Gasteiger partial charge in [0.25, 0.3) is 0 Å². The predicted octanol–water partition coefficient (Wildman–Crippen LogP) is 7.22. The molecule has 0 radical (unpaired) electrons. The van der Waals surface area contributed by atoms with Crippen LogP contribution in [0.2, 0.25) is 0 Å². The van der Waals surface area contributed by atoms with Crippen molar-refractivity contribution >= 4 is 17.5 Å². The first-order valence-corrected chi connectivity index (χ1v) is 16.4. The highest BCUT2D eigenvalue weighted by atomic mass is 16.2. The van der Waals surface area contributed by atoms with Gasteiger partial charge in [-0.15, -0.1) is 0 Å². The largest absolute Gasteiger partial charge is 0.343 e. The van der Waals surface area contributed by atoms with Crippen molar-refractivity contribution in [2.24, 2.45) is 50.7 Å². The molecular formula is C36H50N2O3. The number of hydrogen-bond donors (Lipinski definition) is 0. The van der Waals surface area contributed by atoms with Crippen LogP contribution in [0.25, 0.3) is 0 Å². The molecule has 0 N–H and O–H groups in total. The molecule has 1 aliphatic heterocycles. The summed E-state index contributed by atoms with van der Waals surface area (Å²) in [4.78, 5) is 42.9. The van der Waals surface area contributed by atoms with E-state index in [2.05, 4.69) is 45.6 Å². The van der Waals surface area contributed by atoms with Gasteiger partial charge < -0.3 is 4.90 Å². The van der Waals surface area contributed by atoms with Gasteiger partial charge >= 0.3 is 0 Å². The second-order valence-electron chi connectivity index (χ2n) is 16.4.